The molecule has 0 radical (unpaired) electrons. The lowest BCUT2D eigenvalue weighted by Crippen LogP contribution is -2.50. The molecule has 4 heterocycles. The van der Waals surface area contributed by atoms with Crippen LogP contribution in [0.5, 0.6) is 17.2 Å². The number of ether oxygens (including phenoxy) is 3. The van der Waals surface area contributed by atoms with Crippen molar-refractivity contribution in [2.24, 2.45) is 7.05 Å². The van der Waals surface area contributed by atoms with Crippen molar-refractivity contribution in [2.75, 3.05) is 65.5 Å². The lowest BCUT2D eigenvalue weighted by Gasteiger charge is -2.34. The molecule has 63 heavy (non-hydrogen) atoms. The lowest BCUT2D eigenvalue weighted by molar-refractivity contribution is -0.135. The molecule has 336 valence electrons. The zero-order valence-electron chi connectivity index (χ0n) is 36.5. The van der Waals surface area contributed by atoms with Gasteiger partial charge >= 0.3 is 0 Å². The Morgan fingerprint density at radius 2 is 1.78 bits per heavy atom. The van der Waals surface area contributed by atoms with Crippen molar-refractivity contribution in [2.45, 2.75) is 76.7 Å². The van der Waals surface area contributed by atoms with E-state index in [0.717, 1.165) is 72.7 Å². The molecule has 3 aromatic carbocycles. The van der Waals surface area contributed by atoms with Crippen LogP contribution in [0, 0.1) is 6.92 Å². The van der Waals surface area contributed by atoms with E-state index < -0.39 is 24.5 Å². The summed E-state index contributed by atoms with van der Waals surface area (Å²) in [6.45, 7) is 6.11. The molecule has 2 aliphatic rings. The minimum atomic E-state index is -3.35. The number of imide groups is 1. The van der Waals surface area contributed by atoms with Gasteiger partial charge in [-0.25, -0.2) is 9.97 Å². The van der Waals surface area contributed by atoms with E-state index >= 15 is 0 Å². The van der Waals surface area contributed by atoms with Crippen molar-refractivity contribution < 1.29 is 42.5 Å². The van der Waals surface area contributed by atoms with Crippen LogP contribution in [-0.4, -0.2) is 113 Å². The number of piperazine rings is 1. The Morgan fingerprint density at radius 1 is 1.00 bits per heavy atom. The third-order valence-corrected chi connectivity index (χ3v) is 12.1. The van der Waals surface area contributed by atoms with Gasteiger partial charge in [0.2, 0.25) is 11.8 Å². The molecule has 2 fully saturated rings. The minimum Gasteiger partial charge on any atom is -0.493 e. The molecule has 15 nitrogen and oxygen atoms in total. The predicted molar refractivity (Wildman–Crippen MR) is 233 cm³/mol. The van der Waals surface area contributed by atoms with E-state index in [-0.39, 0.29) is 36.3 Å². The number of aromatic nitrogens is 4. The average molecular weight is 871 g/mol. The lowest BCUT2D eigenvalue weighted by atomic mass is 9.93. The number of hydrogen-bond donors (Lipinski definition) is 3. The number of aliphatic hydroxyl groups is 1. The highest BCUT2D eigenvalue weighted by molar-refractivity contribution is 6.02. The number of fused-ring (bicyclic) bond motifs is 2. The van der Waals surface area contributed by atoms with Crippen LogP contribution in [0.4, 0.5) is 14.6 Å². The minimum absolute atomic E-state index is 0.0706. The van der Waals surface area contributed by atoms with Crippen molar-refractivity contribution in [3.63, 3.8) is 0 Å². The topological polar surface area (TPSA) is 173 Å². The Labute approximate surface area is 365 Å². The molecule has 7 rings (SSSR count). The van der Waals surface area contributed by atoms with E-state index in [4.69, 9.17) is 24.2 Å². The summed E-state index contributed by atoms with van der Waals surface area (Å²) in [5.41, 5.74) is 3.42. The van der Waals surface area contributed by atoms with Gasteiger partial charge in [0.1, 0.15) is 24.0 Å². The van der Waals surface area contributed by atoms with Crippen molar-refractivity contribution >= 4 is 45.3 Å². The smallest absolute Gasteiger partial charge is 0.295 e. The van der Waals surface area contributed by atoms with Gasteiger partial charge in [0, 0.05) is 73.7 Å². The van der Waals surface area contributed by atoms with E-state index in [1.807, 2.05) is 36.9 Å². The highest BCUT2D eigenvalue weighted by Gasteiger charge is 2.33. The summed E-state index contributed by atoms with van der Waals surface area (Å²) in [5, 5.41) is 21.1. The number of nitrogens with one attached hydrogen (secondary N) is 2. The highest BCUT2D eigenvalue weighted by Crippen LogP contribution is 2.41. The Balaban J connectivity index is 0.883. The fourth-order valence-electron chi connectivity index (χ4n) is 8.55. The summed E-state index contributed by atoms with van der Waals surface area (Å²) in [5.74, 6) is -1.72. The van der Waals surface area contributed by atoms with E-state index in [1.54, 1.807) is 44.1 Å². The molecule has 0 spiro atoms. The van der Waals surface area contributed by atoms with E-state index in [0.29, 0.717) is 66.1 Å². The number of unbranched alkanes of at least 4 members (excludes halogenated alkanes) is 3. The van der Waals surface area contributed by atoms with Gasteiger partial charge in [-0.1, -0.05) is 31.0 Å². The summed E-state index contributed by atoms with van der Waals surface area (Å²) in [6, 6.07) is 12.9. The molecule has 17 heteroatoms. The number of rotatable bonds is 18. The number of anilines is 1. The van der Waals surface area contributed by atoms with Crippen molar-refractivity contribution in [1.82, 2.24) is 34.9 Å². The van der Waals surface area contributed by atoms with E-state index in [1.165, 1.54) is 12.1 Å². The maximum atomic E-state index is 14.3. The maximum absolute atomic E-state index is 14.3. The van der Waals surface area contributed by atoms with Crippen LogP contribution in [0.3, 0.4) is 0 Å². The Kier molecular flexibility index (Phi) is 14.0. The summed E-state index contributed by atoms with van der Waals surface area (Å²) in [7, 11) is 4.99. The Morgan fingerprint density at radius 3 is 2.51 bits per heavy atom. The quantitative estimate of drug-likeness (QED) is 0.0700. The molecule has 0 aliphatic carbocycles. The van der Waals surface area contributed by atoms with Gasteiger partial charge in [-0.3, -0.25) is 29.3 Å². The molecule has 2 unspecified atom stereocenters. The van der Waals surface area contributed by atoms with Crippen LogP contribution in [0.1, 0.15) is 85.6 Å². The molecular weight excluding hydrogens is 815 g/mol. The van der Waals surface area contributed by atoms with Crippen LogP contribution in [0.2, 0.25) is 0 Å². The zero-order valence-corrected chi connectivity index (χ0v) is 36.5. The number of benzene rings is 3. The summed E-state index contributed by atoms with van der Waals surface area (Å²) in [6.07, 6.45) is 5.31. The van der Waals surface area contributed by atoms with Crippen LogP contribution < -0.4 is 24.8 Å². The van der Waals surface area contributed by atoms with Crippen molar-refractivity contribution in [3.8, 4) is 17.2 Å². The van der Waals surface area contributed by atoms with E-state index in [2.05, 4.69) is 20.6 Å². The average Bonchev–Trinajstić information content (AvgIpc) is 3.61. The van der Waals surface area contributed by atoms with Gasteiger partial charge in [0.15, 0.2) is 18.1 Å². The summed E-state index contributed by atoms with van der Waals surface area (Å²) in [4.78, 5) is 51.0. The number of methoxy groups -OCH3 is 2. The zero-order chi connectivity index (χ0) is 44.8. The Bertz CT molecular complexity index is 2470. The molecular formula is C46H56F2N8O7. The maximum Gasteiger partial charge on any atom is 0.295 e. The number of amides is 3. The number of piperidine rings is 1. The number of carbonyl (C=O) groups is 3. The number of aryl methyl sites for hydroxylation is 3. The van der Waals surface area contributed by atoms with Gasteiger partial charge in [-0.15, -0.1) is 0 Å². The molecule has 3 N–H and O–H groups in total. The first-order valence-electron chi connectivity index (χ1n) is 21.5. The molecule has 3 amide bonds. The van der Waals surface area contributed by atoms with Crippen molar-refractivity contribution in [1.29, 1.82) is 0 Å². The fourth-order valence-corrected chi connectivity index (χ4v) is 8.55. The third-order valence-electron chi connectivity index (χ3n) is 12.1. The van der Waals surface area contributed by atoms with Gasteiger partial charge in [0.25, 0.3) is 11.8 Å². The van der Waals surface area contributed by atoms with Gasteiger partial charge in [-0.2, -0.15) is 13.9 Å². The van der Waals surface area contributed by atoms with Crippen LogP contribution in [0.25, 0.3) is 21.8 Å². The number of halogens is 2. The van der Waals surface area contributed by atoms with Crippen molar-refractivity contribution in [3.05, 3.63) is 76.7 Å². The number of alkyl halides is 2. The number of hydrogen-bond acceptors (Lipinski definition) is 12. The second-order valence-corrected chi connectivity index (χ2v) is 16.3. The van der Waals surface area contributed by atoms with Crippen LogP contribution >= 0.6 is 0 Å². The molecule has 2 aliphatic heterocycles. The van der Waals surface area contributed by atoms with Crippen LogP contribution in [0.15, 0.2) is 48.5 Å². The number of aliphatic hydroxyl groups excluding tert-OH is 1. The van der Waals surface area contributed by atoms with Gasteiger partial charge in [0.05, 0.1) is 36.9 Å². The monoisotopic (exact) mass is 870 g/mol. The highest BCUT2D eigenvalue weighted by atomic mass is 19.3. The first-order valence-corrected chi connectivity index (χ1v) is 21.5. The summed E-state index contributed by atoms with van der Waals surface area (Å²) < 4.78 is 47.9. The second-order valence-electron chi connectivity index (χ2n) is 16.3. The predicted octanol–water partition coefficient (Wildman–Crippen LogP) is 5.95. The molecule has 2 saturated heterocycles. The molecule has 5 aromatic rings. The Hall–Kier alpha value is -5.94. The normalized spacial score (nSPS) is 16.6. The molecule has 0 bridgehead atoms. The SMILES string of the molecule is COc1cc2c(NC(C)c3cccc(C(F)(F)CO)c3)nc(C)nc2c(CCCCCCN2CCN(C(=O)COc3ccc4c(C5CCC(=O)NC5=O)nn(C)c4c3)CC2)c1OC. The molecule has 0 saturated carbocycles. The molecule has 2 atom stereocenters. The van der Waals surface area contributed by atoms with Gasteiger partial charge in [-0.05, 0) is 75.9 Å². The van der Waals surface area contributed by atoms with E-state index in [9.17, 15) is 28.3 Å². The molecule has 2 aromatic heterocycles. The van der Waals surface area contributed by atoms with Crippen LogP contribution in [-0.2, 0) is 33.8 Å². The number of nitrogens with zero attached hydrogens (tertiary/aromatic N) is 6. The standard InChI is InChI=1S/C46H56F2N8O7/c1-28(30-11-10-12-31(23-30)46(47,48)27-57)49-44-36-25-38(61-4)43(62-5)34(41(36)50-29(2)51-44)13-8-6-7-9-18-55-19-21-56(22-20-55)40(59)26-63-32-14-15-33-37(24-32)54(3)53-42(33)35-16-17-39(58)52-45(35)60/h10-12,14-15,23-25,28,35,57H,6-9,13,16-22,26-27H2,1-5H3,(H,49,50,51)(H,52,58,60). The largest absolute Gasteiger partial charge is 0.493 e. The second kappa shape index (κ2) is 19.6. The number of carbonyl (C=O) groups excluding carboxylic acids is 3. The fraction of sp³-hybridized carbons (Fsp3) is 0.478. The first-order chi connectivity index (χ1) is 30.3. The van der Waals surface area contributed by atoms with Gasteiger partial charge < -0.3 is 29.5 Å². The summed E-state index contributed by atoms with van der Waals surface area (Å²) >= 11 is 0. The first kappa shape index (κ1) is 45.1. The third kappa shape index (κ3) is 10.1.